The Morgan fingerprint density at radius 2 is 2.17 bits per heavy atom. The maximum Gasteiger partial charge on any atom is 0.321 e. The molecule has 2 rings (SSSR count). The third kappa shape index (κ3) is 3.93. The summed E-state index contributed by atoms with van der Waals surface area (Å²) in [5.41, 5.74) is 5.48. The highest BCUT2D eigenvalue weighted by Gasteiger charge is 2.13. The van der Waals surface area contributed by atoms with Crippen LogP contribution in [-0.4, -0.2) is 34.7 Å². The molecule has 0 aliphatic rings. The lowest BCUT2D eigenvalue weighted by Crippen LogP contribution is -2.33. The number of H-pyrrole nitrogens is 1. The van der Waals surface area contributed by atoms with Gasteiger partial charge in [-0.1, -0.05) is 6.92 Å². The van der Waals surface area contributed by atoms with Crippen molar-refractivity contribution < 1.29 is 4.79 Å². The summed E-state index contributed by atoms with van der Waals surface area (Å²) in [5.74, 6) is 0. The number of aryl methyl sites for hydroxylation is 3. The number of amides is 2. The van der Waals surface area contributed by atoms with Gasteiger partial charge in [0, 0.05) is 25.0 Å². The minimum Gasteiger partial charge on any atom is -0.327 e. The van der Waals surface area contributed by atoms with Crippen molar-refractivity contribution in [1.29, 1.82) is 5.26 Å². The Kier molecular flexibility index (Phi) is 5.59. The Labute approximate surface area is 142 Å². The molecule has 0 aliphatic heterocycles. The first kappa shape index (κ1) is 17.5. The van der Waals surface area contributed by atoms with Crippen LogP contribution in [0.5, 0.6) is 0 Å². The Hall–Kier alpha value is -2.81. The number of nitrogens with zero attached hydrogens (tertiary/aromatic N) is 3. The maximum absolute atomic E-state index is 12.4. The first-order valence-electron chi connectivity index (χ1n) is 8.01. The van der Waals surface area contributed by atoms with Gasteiger partial charge in [0.25, 0.3) is 0 Å². The molecule has 2 aromatic rings. The highest BCUT2D eigenvalue weighted by Crippen LogP contribution is 2.18. The molecule has 0 radical (unpaired) electrons. The predicted octanol–water partition coefficient (Wildman–Crippen LogP) is 3.17. The number of aromatic amines is 1. The maximum atomic E-state index is 12.4. The third-order valence-corrected chi connectivity index (χ3v) is 4.18. The average molecular weight is 325 g/mol. The topological polar surface area (TPSA) is 84.8 Å². The molecule has 1 aromatic carbocycles. The summed E-state index contributed by atoms with van der Waals surface area (Å²) in [6, 6.07) is 7.27. The molecule has 0 unspecified atom stereocenters. The highest BCUT2D eigenvalue weighted by molar-refractivity contribution is 5.90. The number of benzene rings is 1. The summed E-state index contributed by atoms with van der Waals surface area (Å²) < 4.78 is 0. The molecule has 0 atom stereocenters. The molecule has 0 spiro atoms. The van der Waals surface area contributed by atoms with Gasteiger partial charge < -0.3 is 10.2 Å². The van der Waals surface area contributed by atoms with Gasteiger partial charge in [-0.15, -0.1) is 0 Å². The lowest BCUT2D eigenvalue weighted by atomic mass is 10.1. The number of carbonyl (C=O) groups excluding carboxylic acids is 1. The highest BCUT2D eigenvalue weighted by atomic mass is 16.2. The van der Waals surface area contributed by atoms with Gasteiger partial charge >= 0.3 is 6.03 Å². The zero-order chi connectivity index (χ0) is 17.7. The molecular formula is C18H23N5O. The SMILES string of the molecule is CCc1cc(C#N)ccc1NC(=O)N(C)CCc1c(C)n[nH]c1C. The number of likely N-dealkylation sites (N-methyl/N-ethyl adjacent to an activating group) is 1. The fourth-order valence-electron chi connectivity index (χ4n) is 2.61. The standard InChI is InChI=1S/C18H23N5O/c1-5-15-10-14(11-19)6-7-17(15)20-18(24)23(4)9-8-16-12(2)21-22-13(16)3/h6-7,10H,5,8-9H2,1-4H3,(H,20,24)(H,21,22). The molecule has 6 nitrogen and oxygen atoms in total. The summed E-state index contributed by atoms with van der Waals surface area (Å²) >= 11 is 0. The van der Waals surface area contributed by atoms with Crippen molar-refractivity contribution >= 4 is 11.7 Å². The number of urea groups is 1. The minimum absolute atomic E-state index is 0.159. The van der Waals surface area contributed by atoms with Gasteiger partial charge in [-0.3, -0.25) is 5.10 Å². The van der Waals surface area contributed by atoms with Gasteiger partial charge in [0.1, 0.15) is 0 Å². The van der Waals surface area contributed by atoms with E-state index in [-0.39, 0.29) is 6.03 Å². The second kappa shape index (κ2) is 7.64. The molecular weight excluding hydrogens is 302 g/mol. The second-order valence-corrected chi connectivity index (χ2v) is 5.85. The molecule has 126 valence electrons. The molecule has 2 N–H and O–H groups in total. The number of hydrogen-bond acceptors (Lipinski definition) is 3. The Balaban J connectivity index is 2.00. The molecule has 24 heavy (non-hydrogen) atoms. The number of rotatable bonds is 5. The normalized spacial score (nSPS) is 10.3. The van der Waals surface area contributed by atoms with Crippen LogP contribution in [0.1, 0.15) is 35.0 Å². The monoisotopic (exact) mass is 325 g/mol. The Bertz CT molecular complexity index is 753. The Morgan fingerprint density at radius 1 is 1.42 bits per heavy atom. The third-order valence-electron chi connectivity index (χ3n) is 4.18. The molecule has 0 aliphatic carbocycles. The molecule has 2 amide bonds. The van der Waals surface area contributed by atoms with E-state index in [9.17, 15) is 4.79 Å². The molecule has 0 saturated heterocycles. The van der Waals surface area contributed by atoms with Crippen LogP contribution in [0.2, 0.25) is 0 Å². The minimum atomic E-state index is -0.159. The predicted molar refractivity (Wildman–Crippen MR) is 93.9 cm³/mol. The fourth-order valence-corrected chi connectivity index (χ4v) is 2.61. The van der Waals surface area contributed by atoms with E-state index in [1.807, 2.05) is 26.8 Å². The van der Waals surface area contributed by atoms with Crippen LogP contribution in [0.25, 0.3) is 0 Å². The van der Waals surface area contributed by atoms with Crippen LogP contribution < -0.4 is 5.32 Å². The molecule has 0 saturated carbocycles. The number of hydrogen-bond donors (Lipinski definition) is 2. The summed E-state index contributed by atoms with van der Waals surface area (Å²) in [6.45, 7) is 6.55. The lowest BCUT2D eigenvalue weighted by Gasteiger charge is -2.19. The van der Waals surface area contributed by atoms with Gasteiger partial charge in [0.2, 0.25) is 0 Å². The number of nitrogens with one attached hydrogen (secondary N) is 2. The van der Waals surface area contributed by atoms with E-state index >= 15 is 0 Å². The number of nitriles is 1. The molecule has 1 heterocycles. The van der Waals surface area contributed by atoms with Crippen molar-refractivity contribution in [2.24, 2.45) is 0 Å². The van der Waals surface area contributed by atoms with E-state index < -0.39 is 0 Å². The van der Waals surface area contributed by atoms with Crippen molar-refractivity contribution in [3.8, 4) is 6.07 Å². The van der Waals surface area contributed by atoms with Gasteiger partial charge in [-0.2, -0.15) is 10.4 Å². The smallest absolute Gasteiger partial charge is 0.321 e. The quantitative estimate of drug-likeness (QED) is 0.885. The van der Waals surface area contributed by atoms with E-state index in [0.717, 1.165) is 41.0 Å². The molecule has 0 bridgehead atoms. The molecule has 1 aromatic heterocycles. The van der Waals surface area contributed by atoms with Crippen LogP contribution >= 0.6 is 0 Å². The van der Waals surface area contributed by atoms with Gasteiger partial charge in [0.05, 0.1) is 17.3 Å². The van der Waals surface area contributed by atoms with Crippen molar-refractivity contribution in [2.75, 3.05) is 18.9 Å². The van der Waals surface area contributed by atoms with Crippen molar-refractivity contribution in [3.05, 3.63) is 46.3 Å². The Morgan fingerprint density at radius 3 is 2.75 bits per heavy atom. The van der Waals surface area contributed by atoms with Crippen molar-refractivity contribution in [1.82, 2.24) is 15.1 Å². The van der Waals surface area contributed by atoms with Crippen LogP contribution in [0.4, 0.5) is 10.5 Å². The average Bonchev–Trinajstić information content (AvgIpc) is 2.91. The van der Waals surface area contributed by atoms with Crippen molar-refractivity contribution in [3.63, 3.8) is 0 Å². The summed E-state index contributed by atoms with van der Waals surface area (Å²) in [7, 11) is 1.77. The zero-order valence-corrected chi connectivity index (χ0v) is 14.6. The van der Waals surface area contributed by atoms with Gasteiger partial charge in [-0.05, 0) is 56.0 Å². The van der Waals surface area contributed by atoms with E-state index in [4.69, 9.17) is 5.26 Å². The molecule has 0 fully saturated rings. The largest absolute Gasteiger partial charge is 0.327 e. The van der Waals surface area contributed by atoms with E-state index in [1.165, 1.54) is 0 Å². The van der Waals surface area contributed by atoms with E-state index in [0.29, 0.717) is 12.1 Å². The second-order valence-electron chi connectivity index (χ2n) is 5.85. The van der Waals surface area contributed by atoms with Gasteiger partial charge in [-0.25, -0.2) is 4.79 Å². The fraction of sp³-hybridized carbons (Fsp3) is 0.389. The van der Waals surface area contributed by atoms with Gasteiger partial charge in [0.15, 0.2) is 0 Å². The van der Waals surface area contributed by atoms with Crippen molar-refractivity contribution in [2.45, 2.75) is 33.6 Å². The summed E-state index contributed by atoms with van der Waals surface area (Å²) in [6.07, 6.45) is 1.51. The van der Waals surface area contributed by atoms with E-state index in [2.05, 4.69) is 21.6 Å². The van der Waals surface area contributed by atoms with Crippen LogP contribution in [0.3, 0.4) is 0 Å². The number of carbonyl (C=O) groups is 1. The van der Waals surface area contributed by atoms with Crippen LogP contribution in [-0.2, 0) is 12.8 Å². The number of anilines is 1. The lowest BCUT2D eigenvalue weighted by molar-refractivity contribution is 0.223. The summed E-state index contributed by atoms with van der Waals surface area (Å²) in [5, 5.41) is 19.0. The number of aromatic nitrogens is 2. The molecule has 6 heteroatoms. The first-order chi connectivity index (χ1) is 11.5. The summed E-state index contributed by atoms with van der Waals surface area (Å²) in [4.78, 5) is 14.0. The van der Waals surface area contributed by atoms with Crippen LogP contribution in [0, 0.1) is 25.2 Å². The van der Waals surface area contributed by atoms with Crippen LogP contribution in [0.15, 0.2) is 18.2 Å². The first-order valence-corrected chi connectivity index (χ1v) is 8.01. The van der Waals surface area contributed by atoms with E-state index in [1.54, 1.807) is 24.1 Å². The zero-order valence-electron chi connectivity index (χ0n) is 14.6.